The number of benzene rings is 3. The molecule has 1 spiro atoms. The number of rotatable bonds is 8. The zero-order valence-corrected chi connectivity index (χ0v) is 20.2. The van der Waals surface area contributed by atoms with Gasteiger partial charge >= 0.3 is 0 Å². The molecule has 3 aromatic carbocycles. The van der Waals surface area contributed by atoms with Gasteiger partial charge < -0.3 is 24.4 Å². The van der Waals surface area contributed by atoms with Crippen molar-refractivity contribution in [2.45, 2.75) is 18.9 Å². The Morgan fingerprint density at radius 2 is 1.78 bits per heavy atom. The summed E-state index contributed by atoms with van der Waals surface area (Å²) in [6, 6.07) is 19.2. The molecule has 36 heavy (non-hydrogen) atoms. The summed E-state index contributed by atoms with van der Waals surface area (Å²) in [6.45, 7) is 2.60. The molecule has 2 aliphatic rings. The molecule has 2 atom stereocenters. The van der Waals surface area contributed by atoms with Crippen molar-refractivity contribution in [1.82, 2.24) is 0 Å². The van der Waals surface area contributed by atoms with Crippen LogP contribution in [0.2, 0.25) is 0 Å². The highest BCUT2D eigenvalue weighted by atomic mass is 16.7. The second-order valence-electron chi connectivity index (χ2n) is 8.54. The Hall–Kier alpha value is -4.33. The van der Waals surface area contributed by atoms with Gasteiger partial charge in [0.15, 0.2) is 5.78 Å². The van der Waals surface area contributed by atoms with E-state index >= 15 is 0 Å². The average molecular weight is 487 g/mol. The SMILES string of the molecule is CCCOc1ccc(C(=O)C2C(c3cc(OC)ccc3OC)=NOC23C(=O)Nc2ccccc23)cc1. The minimum Gasteiger partial charge on any atom is -0.497 e. The Balaban J connectivity index is 1.65. The number of Topliss-reactive ketones (excluding diaryl/α,β-unsaturated/α-hetero) is 1. The summed E-state index contributed by atoms with van der Waals surface area (Å²) >= 11 is 0. The van der Waals surface area contributed by atoms with Crippen LogP contribution in [0, 0.1) is 5.92 Å². The molecule has 2 unspecified atom stereocenters. The van der Waals surface area contributed by atoms with Gasteiger partial charge in [0, 0.05) is 22.4 Å². The standard InChI is InChI=1S/C28H26N2O6/c1-4-15-35-18-11-9-17(10-12-18)26(31)24-25(20-16-19(33-2)13-14-23(20)34-3)30-36-28(24)21-7-5-6-8-22(21)29-27(28)32/h5-14,16,24H,4,15H2,1-3H3,(H,29,32). The van der Waals surface area contributed by atoms with Crippen LogP contribution in [0.15, 0.2) is 71.9 Å². The summed E-state index contributed by atoms with van der Waals surface area (Å²) in [7, 11) is 3.08. The average Bonchev–Trinajstić information content (AvgIpc) is 3.45. The number of nitrogens with zero attached hydrogens (tertiary/aromatic N) is 1. The summed E-state index contributed by atoms with van der Waals surface area (Å²) in [5.74, 6) is -0.157. The Morgan fingerprint density at radius 3 is 2.50 bits per heavy atom. The third-order valence-electron chi connectivity index (χ3n) is 6.44. The first-order valence-electron chi connectivity index (χ1n) is 11.7. The van der Waals surface area contributed by atoms with E-state index in [-0.39, 0.29) is 11.5 Å². The first-order chi connectivity index (χ1) is 17.5. The van der Waals surface area contributed by atoms with E-state index < -0.39 is 17.4 Å². The van der Waals surface area contributed by atoms with Crippen molar-refractivity contribution < 1.29 is 28.6 Å². The van der Waals surface area contributed by atoms with E-state index in [2.05, 4.69) is 10.5 Å². The monoisotopic (exact) mass is 486 g/mol. The molecule has 184 valence electrons. The topological polar surface area (TPSA) is 95.5 Å². The van der Waals surface area contributed by atoms with Crippen molar-refractivity contribution in [2.75, 3.05) is 26.1 Å². The van der Waals surface area contributed by atoms with E-state index in [1.54, 1.807) is 67.8 Å². The van der Waals surface area contributed by atoms with Crippen LogP contribution < -0.4 is 19.5 Å². The maximum atomic E-state index is 14.2. The molecule has 8 heteroatoms. The lowest BCUT2D eigenvalue weighted by molar-refractivity contribution is -0.140. The molecular formula is C28H26N2O6. The van der Waals surface area contributed by atoms with Crippen LogP contribution in [0.5, 0.6) is 17.2 Å². The maximum absolute atomic E-state index is 14.2. The number of oxime groups is 1. The summed E-state index contributed by atoms with van der Waals surface area (Å²) < 4.78 is 16.6. The van der Waals surface area contributed by atoms with Crippen molar-refractivity contribution in [2.24, 2.45) is 11.1 Å². The fourth-order valence-corrected chi connectivity index (χ4v) is 4.68. The summed E-state index contributed by atoms with van der Waals surface area (Å²) in [4.78, 5) is 33.6. The first-order valence-corrected chi connectivity index (χ1v) is 11.7. The number of para-hydroxylation sites is 1. The number of nitrogens with one attached hydrogen (secondary N) is 1. The number of carbonyl (C=O) groups excluding carboxylic acids is 2. The molecule has 0 saturated heterocycles. The molecule has 2 heterocycles. The number of hydrogen-bond donors (Lipinski definition) is 1. The quantitative estimate of drug-likeness (QED) is 0.469. The largest absolute Gasteiger partial charge is 0.497 e. The van der Waals surface area contributed by atoms with Gasteiger partial charge in [-0.2, -0.15) is 0 Å². The maximum Gasteiger partial charge on any atom is 0.277 e. The van der Waals surface area contributed by atoms with Gasteiger partial charge in [0.2, 0.25) is 0 Å². The van der Waals surface area contributed by atoms with Crippen LogP contribution in [0.4, 0.5) is 5.69 Å². The lowest BCUT2D eigenvalue weighted by Gasteiger charge is -2.27. The lowest BCUT2D eigenvalue weighted by atomic mass is 9.74. The molecule has 3 aromatic rings. The predicted molar refractivity (Wildman–Crippen MR) is 134 cm³/mol. The molecule has 0 saturated carbocycles. The zero-order valence-electron chi connectivity index (χ0n) is 20.2. The highest BCUT2D eigenvalue weighted by Crippen LogP contribution is 2.50. The van der Waals surface area contributed by atoms with Gasteiger partial charge in [-0.25, -0.2) is 0 Å². The molecule has 0 bridgehead atoms. The molecular weight excluding hydrogens is 460 g/mol. The molecule has 8 nitrogen and oxygen atoms in total. The number of ether oxygens (including phenoxy) is 3. The van der Waals surface area contributed by atoms with Crippen LogP contribution in [0.1, 0.15) is 34.8 Å². The number of methoxy groups -OCH3 is 2. The van der Waals surface area contributed by atoms with Crippen LogP contribution >= 0.6 is 0 Å². The highest BCUT2D eigenvalue weighted by Gasteiger charge is 2.63. The van der Waals surface area contributed by atoms with E-state index in [4.69, 9.17) is 19.0 Å². The van der Waals surface area contributed by atoms with Crippen molar-refractivity contribution in [1.29, 1.82) is 0 Å². The van der Waals surface area contributed by atoms with Crippen LogP contribution in [0.3, 0.4) is 0 Å². The van der Waals surface area contributed by atoms with Crippen LogP contribution in [0.25, 0.3) is 0 Å². The van der Waals surface area contributed by atoms with E-state index in [9.17, 15) is 9.59 Å². The number of anilines is 1. The minimum atomic E-state index is -1.66. The first kappa shape index (κ1) is 23.4. The third kappa shape index (κ3) is 3.66. The fourth-order valence-electron chi connectivity index (χ4n) is 4.68. The van der Waals surface area contributed by atoms with Crippen molar-refractivity contribution in [3.05, 3.63) is 83.4 Å². The molecule has 0 aromatic heterocycles. The van der Waals surface area contributed by atoms with Gasteiger partial charge in [0.05, 0.1) is 20.8 Å². The number of hydrogen-bond acceptors (Lipinski definition) is 7. The second-order valence-corrected chi connectivity index (χ2v) is 8.54. The van der Waals surface area contributed by atoms with Gasteiger partial charge in [0.25, 0.3) is 11.5 Å². The fraction of sp³-hybridized carbons (Fsp3) is 0.250. The van der Waals surface area contributed by atoms with Crippen molar-refractivity contribution >= 4 is 23.1 Å². The van der Waals surface area contributed by atoms with E-state index in [0.29, 0.717) is 46.2 Å². The zero-order chi connectivity index (χ0) is 25.3. The molecule has 2 aliphatic heterocycles. The normalized spacial score (nSPS) is 19.8. The Morgan fingerprint density at radius 1 is 1.03 bits per heavy atom. The lowest BCUT2D eigenvalue weighted by Crippen LogP contribution is -2.46. The van der Waals surface area contributed by atoms with Gasteiger partial charge in [0.1, 0.15) is 28.9 Å². The molecule has 5 rings (SSSR count). The Bertz CT molecular complexity index is 1350. The summed E-state index contributed by atoms with van der Waals surface area (Å²) in [5.41, 5.74) is 0.671. The summed E-state index contributed by atoms with van der Waals surface area (Å²) in [6.07, 6.45) is 0.874. The number of amides is 1. The molecule has 0 radical (unpaired) electrons. The molecule has 0 fully saturated rings. The number of ketones is 1. The van der Waals surface area contributed by atoms with Crippen molar-refractivity contribution in [3.63, 3.8) is 0 Å². The second kappa shape index (κ2) is 9.37. The van der Waals surface area contributed by atoms with E-state index in [1.165, 1.54) is 7.11 Å². The van der Waals surface area contributed by atoms with Crippen LogP contribution in [-0.4, -0.2) is 38.2 Å². The Labute approximate surface area is 208 Å². The van der Waals surface area contributed by atoms with E-state index in [0.717, 1.165) is 6.42 Å². The highest BCUT2D eigenvalue weighted by molar-refractivity contribution is 6.25. The Kier molecular flexibility index (Phi) is 6.10. The summed E-state index contributed by atoms with van der Waals surface area (Å²) in [5, 5.41) is 7.19. The number of fused-ring (bicyclic) bond motifs is 2. The smallest absolute Gasteiger partial charge is 0.277 e. The predicted octanol–water partition coefficient (Wildman–Crippen LogP) is 4.57. The van der Waals surface area contributed by atoms with Gasteiger partial charge in [-0.15, -0.1) is 0 Å². The molecule has 1 N–H and O–H groups in total. The van der Waals surface area contributed by atoms with Gasteiger partial charge in [-0.1, -0.05) is 30.3 Å². The van der Waals surface area contributed by atoms with E-state index in [1.807, 2.05) is 13.0 Å². The van der Waals surface area contributed by atoms with Gasteiger partial charge in [-0.05, 0) is 55.0 Å². The van der Waals surface area contributed by atoms with Crippen LogP contribution in [-0.2, 0) is 15.2 Å². The molecule has 1 amide bonds. The van der Waals surface area contributed by atoms with Crippen molar-refractivity contribution in [3.8, 4) is 17.2 Å². The minimum absolute atomic E-state index is 0.286. The number of carbonyl (C=O) groups is 2. The molecule has 0 aliphatic carbocycles. The van der Waals surface area contributed by atoms with Gasteiger partial charge in [-0.3, -0.25) is 9.59 Å². The third-order valence-corrected chi connectivity index (χ3v) is 6.44.